The first-order valence-electron chi connectivity index (χ1n) is 5.11. The summed E-state index contributed by atoms with van der Waals surface area (Å²) in [4.78, 5) is 0. The number of hydrogen-bond acceptors (Lipinski definition) is 4. The molecule has 0 saturated heterocycles. The molecule has 0 amide bonds. The van der Waals surface area contributed by atoms with Crippen LogP contribution in [0.3, 0.4) is 0 Å². The molecule has 7 heteroatoms. The quantitative estimate of drug-likeness (QED) is 0.880. The second-order valence-corrected chi connectivity index (χ2v) is 5.50. The number of halogens is 1. The van der Waals surface area contributed by atoms with Crippen molar-refractivity contribution in [3.8, 4) is 6.07 Å². The summed E-state index contributed by atoms with van der Waals surface area (Å²) in [5.41, 5.74) is -0.0637. The van der Waals surface area contributed by atoms with E-state index in [2.05, 4.69) is 4.72 Å². The fourth-order valence-corrected chi connectivity index (χ4v) is 2.59. The number of methoxy groups -OCH3 is 1. The number of rotatable bonds is 5. The van der Waals surface area contributed by atoms with Crippen molar-refractivity contribution in [1.82, 2.24) is 0 Å². The van der Waals surface area contributed by atoms with E-state index in [1.165, 1.54) is 13.2 Å². The summed E-state index contributed by atoms with van der Waals surface area (Å²) in [5, 5.41) is 8.67. The largest absolute Gasteiger partial charge is 0.381 e. The molecule has 0 fully saturated rings. The van der Waals surface area contributed by atoms with E-state index in [0.717, 1.165) is 12.1 Å². The fourth-order valence-electron chi connectivity index (χ4n) is 1.26. The van der Waals surface area contributed by atoms with Crippen LogP contribution in [0.4, 0.5) is 10.1 Å². The Bertz CT molecular complexity index is 566. The molecule has 0 aliphatic heterocycles. The minimum atomic E-state index is -3.72. The van der Waals surface area contributed by atoms with Crippen LogP contribution in [0, 0.1) is 17.1 Å². The summed E-state index contributed by atoms with van der Waals surface area (Å²) in [7, 11) is -2.33. The van der Waals surface area contributed by atoms with E-state index in [9.17, 15) is 12.8 Å². The van der Waals surface area contributed by atoms with Crippen molar-refractivity contribution in [2.24, 2.45) is 0 Å². The fraction of sp³-hybridized carbons (Fsp3) is 0.364. The molecule has 98 valence electrons. The average Bonchev–Trinajstić information content (AvgIpc) is 2.31. The molecule has 1 aromatic carbocycles. The first-order valence-corrected chi connectivity index (χ1v) is 6.76. The van der Waals surface area contributed by atoms with Gasteiger partial charge in [-0.3, -0.25) is 4.72 Å². The van der Waals surface area contributed by atoms with Crippen LogP contribution in [-0.2, 0) is 14.8 Å². The lowest BCUT2D eigenvalue weighted by Gasteiger charge is -2.12. The van der Waals surface area contributed by atoms with Crippen LogP contribution in [-0.4, -0.2) is 27.4 Å². The molecule has 1 unspecified atom stereocenters. The number of sulfonamides is 1. The summed E-state index contributed by atoms with van der Waals surface area (Å²) in [6.45, 7) is 1.58. The minimum absolute atomic E-state index is 0.175. The highest BCUT2D eigenvalue weighted by Gasteiger charge is 2.17. The van der Waals surface area contributed by atoms with Crippen molar-refractivity contribution >= 4 is 15.7 Å². The van der Waals surface area contributed by atoms with Crippen LogP contribution < -0.4 is 4.72 Å². The predicted molar refractivity (Wildman–Crippen MR) is 65.0 cm³/mol. The Hall–Kier alpha value is -1.65. The van der Waals surface area contributed by atoms with Gasteiger partial charge in [-0.1, -0.05) is 0 Å². The lowest BCUT2D eigenvalue weighted by atomic mass is 10.2. The third-order valence-electron chi connectivity index (χ3n) is 2.22. The van der Waals surface area contributed by atoms with Crippen LogP contribution in [0.15, 0.2) is 18.2 Å². The number of nitriles is 1. The van der Waals surface area contributed by atoms with E-state index < -0.39 is 21.9 Å². The van der Waals surface area contributed by atoms with Crippen LogP contribution in [0.1, 0.15) is 12.5 Å². The second kappa shape index (κ2) is 5.80. The van der Waals surface area contributed by atoms with Gasteiger partial charge in [-0.2, -0.15) is 5.26 Å². The number of hydrogen-bond donors (Lipinski definition) is 1. The van der Waals surface area contributed by atoms with Gasteiger partial charge in [-0.15, -0.1) is 0 Å². The zero-order valence-corrected chi connectivity index (χ0v) is 10.8. The van der Waals surface area contributed by atoms with Crippen molar-refractivity contribution in [3.05, 3.63) is 29.6 Å². The van der Waals surface area contributed by atoms with Gasteiger partial charge in [0.25, 0.3) is 0 Å². The van der Waals surface area contributed by atoms with Gasteiger partial charge < -0.3 is 4.74 Å². The van der Waals surface area contributed by atoms with E-state index in [1.807, 2.05) is 0 Å². The Morgan fingerprint density at radius 2 is 2.22 bits per heavy atom. The summed E-state index contributed by atoms with van der Waals surface area (Å²) in [5.74, 6) is -1.03. The maximum Gasteiger partial charge on any atom is 0.235 e. The molecule has 0 heterocycles. The third-order valence-corrected chi connectivity index (χ3v) is 3.66. The normalized spacial score (nSPS) is 12.8. The number of benzene rings is 1. The van der Waals surface area contributed by atoms with Crippen molar-refractivity contribution in [1.29, 1.82) is 5.26 Å². The van der Waals surface area contributed by atoms with Crippen molar-refractivity contribution in [2.45, 2.75) is 13.0 Å². The SMILES string of the molecule is COC(C)CS(=O)(=O)Nc1cc(C#N)ccc1F. The molecule has 18 heavy (non-hydrogen) atoms. The van der Waals surface area contributed by atoms with Gasteiger partial charge in [0, 0.05) is 7.11 Å². The van der Waals surface area contributed by atoms with Gasteiger partial charge in [0.05, 0.1) is 29.2 Å². The van der Waals surface area contributed by atoms with E-state index in [-0.39, 0.29) is 17.0 Å². The zero-order valence-electron chi connectivity index (χ0n) is 9.97. The highest BCUT2D eigenvalue weighted by molar-refractivity contribution is 7.92. The van der Waals surface area contributed by atoms with Gasteiger partial charge >= 0.3 is 0 Å². The molecule has 1 aromatic rings. The molecule has 0 aliphatic rings. The van der Waals surface area contributed by atoms with E-state index in [1.54, 1.807) is 13.0 Å². The maximum absolute atomic E-state index is 13.4. The molecular formula is C11H13FN2O3S. The standard InChI is InChI=1S/C11H13FN2O3S/c1-8(17-2)7-18(15,16)14-11-5-9(6-13)3-4-10(11)12/h3-5,8,14H,7H2,1-2H3. The van der Waals surface area contributed by atoms with Crippen molar-refractivity contribution in [2.75, 3.05) is 17.6 Å². The Morgan fingerprint density at radius 1 is 1.56 bits per heavy atom. The van der Waals surface area contributed by atoms with Gasteiger partial charge in [0.1, 0.15) is 5.82 Å². The predicted octanol–water partition coefficient (Wildman–Crippen LogP) is 1.47. The number of nitrogens with zero attached hydrogens (tertiary/aromatic N) is 1. The zero-order chi connectivity index (χ0) is 13.8. The molecule has 1 N–H and O–H groups in total. The molecule has 0 aromatic heterocycles. The van der Waals surface area contributed by atoms with E-state index in [0.29, 0.717) is 0 Å². The van der Waals surface area contributed by atoms with Crippen molar-refractivity contribution < 1.29 is 17.5 Å². The second-order valence-electron chi connectivity index (χ2n) is 3.74. The van der Waals surface area contributed by atoms with E-state index in [4.69, 9.17) is 10.00 Å². The Labute approximate surface area is 105 Å². The van der Waals surface area contributed by atoms with Crippen molar-refractivity contribution in [3.63, 3.8) is 0 Å². The lowest BCUT2D eigenvalue weighted by molar-refractivity contribution is 0.136. The first kappa shape index (κ1) is 14.4. The Balaban J connectivity index is 2.94. The third kappa shape index (κ3) is 3.98. The smallest absolute Gasteiger partial charge is 0.235 e. The van der Waals surface area contributed by atoms with Crippen LogP contribution in [0.2, 0.25) is 0 Å². The summed E-state index contributed by atoms with van der Waals surface area (Å²) >= 11 is 0. The molecule has 0 radical (unpaired) electrons. The number of nitrogens with one attached hydrogen (secondary N) is 1. The van der Waals surface area contributed by atoms with Crippen LogP contribution in [0.25, 0.3) is 0 Å². The molecule has 0 spiro atoms. The monoisotopic (exact) mass is 272 g/mol. The number of ether oxygens (including phenoxy) is 1. The highest BCUT2D eigenvalue weighted by atomic mass is 32.2. The van der Waals surface area contributed by atoms with Crippen LogP contribution in [0.5, 0.6) is 0 Å². The Kier molecular flexibility index (Phi) is 4.64. The molecule has 0 saturated carbocycles. The maximum atomic E-state index is 13.4. The number of anilines is 1. The van der Waals surface area contributed by atoms with E-state index >= 15 is 0 Å². The molecule has 1 atom stereocenters. The average molecular weight is 272 g/mol. The molecular weight excluding hydrogens is 259 g/mol. The van der Waals surface area contributed by atoms with Gasteiger partial charge in [-0.05, 0) is 25.1 Å². The Morgan fingerprint density at radius 3 is 2.78 bits per heavy atom. The van der Waals surface area contributed by atoms with Gasteiger partial charge in [0.2, 0.25) is 10.0 Å². The van der Waals surface area contributed by atoms with Gasteiger partial charge in [0.15, 0.2) is 0 Å². The van der Waals surface area contributed by atoms with Crippen LogP contribution >= 0.6 is 0 Å². The van der Waals surface area contributed by atoms with Gasteiger partial charge in [-0.25, -0.2) is 12.8 Å². The molecule has 1 rings (SSSR count). The molecule has 0 bridgehead atoms. The molecule has 0 aliphatic carbocycles. The summed E-state index contributed by atoms with van der Waals surface area (Å²) in [6, 6.07) is 5.26. The highest BCUT2D eigenvalue weighted by Crippen LogP contribution is 2.17. The molecule has 5 nitrogen and oxygen atoms in total. The minimum Gasteiger partial charge on any atom is -0.381 e. The topological polar surface area (TPSA) is 79.2 Å². The summed E-state index contributed by atoms with van der Waals surface area (Å²) in [6.07, 6.45) is -0.510. The first-order chi connectivity index (χ1) is 8.38. The summed E-state index contributed by atoms with van der Waals surface area (Å²) < 4.78 is 43.7. The lowest BCUT2D eigenvalue weighted by Crippen LogP contribution is -2.25.